The minimum Gasteiger partial charge on any atom is -0.497 e. The van der Waals surface area contributed by atoms with Crippen LogP contribution in [0.2, 0.25) is 0 Å². The van der Waals surface area contributed by atoms with Gasteiger partial charge in [-0.1, -0.05) is 18.2 Å². The zero-order valence-corrected chi connectivity index (χ0v) is 13.2. The highest BCUT2D eigenvalue weighted by atomic mass is 32.1. The van der Waals surface area contributed by atoms with Crippen molar-refractivity contribution in [1.82, 2.24) is 5.32 Å². The Kier molecular flexibility index (Phi) is 4.98. The second-order valence-corrected chi connectivity index (χ2v) is 5.81. The van der Waals surface area contributed by atoms with Crippen LogP contribution in [0.5, 0.6) is 5.75 Å². The number of esters is 1. The lowest BCUT2D eigenvalue weighted by molar-refractivity contribution is -0.148. The third kappa shape index (κ3) is 3.43. The van der Waals surface area contributed by atoms with E-state index in [2.05, 4.69) is 5.32 Å². The predicted molar refractivity (Wildman–Crippen MR) is 83.5 cm³/mol. The molecule has 0 aliphatic carbocycles. The Morgan fingerprint density at radius 1 is 1.29 bits per heavy atom. The number of ether oxygens (including phenoxy) is 2. The van der Waals surface area contributed by atoms with Crippen LogP contribution in [-0.4, -0.2) is 20.2 Å². The van der Waals surface area contributed by atoms with Crippen LogP contribution < -0.4 is 10.1 Å². The first-order valence-corrected chi connectivity index (χ1v) is 7.48. The molecule has 0 aliphatic heterocycles. The number of nitrogens with one attached hydrogen (secondary N) is 1. The van der Waals surface area contributed by atoms with E-state index in [0.717, 1.165) is 10.4 Å². The van der Waals surface area contributed by atoms with Gasteiger partial charge in [0.1, 0.15) is 11.3 Å². The molecule has 1 unspecified atom stereocenters. The molecule has 0 saturated carbocycles. The first-order valence-electron chi connectivity index (χ1n) is 6.60. The van der Waals surface area contributed by atoms with Crippen LogP contribution in [0.3, 0.4) is 0 Å². The fourth-order valence-electron chi connectivity index (χ4n) is 2.11. The minimum atomic E-state index is -0.923. The summed E-state index contributed by atoms with van der Waals surface area (Å²) in [4.78, 5) is 13.4. The third-order valence-corrected chi connectivity index (χ3v) is 4.31. The van der Waals surface area contributed by atoms with E-state index in [9.17, 15) is 4.79 Å². The zero-order chi connectivity index (χ0) is 15.3. The van der Waals surface area contributed by atoms with E-state index in [1.54, 1.807) is 18.4 Å². The lowest BCUT2D eigenvalue weighted by atomic mass is 9.91. The Bertz CT molecular complexity index is 597. The number of benzene rings is 1. The van der Waals surface area contributed by atoms with Gasteiger partial charge in [0, 0.05) is 11.4 Å². The fourth-order valence-corrected chi connectivity index (χ4v) is 2.75. The lowest BCUT2D eigenvalue weighted by Gasteiger charge is -2.28. The van der Waals surface area contributed by atoms with Gasteiger partial charge in [0.05, 0.1) is 14.2 Å². The number of hydrogen-bond acceptors (Lipinski definition) is 5. The second-order valence-electron chi connectivity index (χ2n) is 4.78. The van der Waals surface area contributed by atoms with Gasteiger partial charge in [-0.2, -0.15) is 0 Å². The van der Waals surface area contributed by atoms with E-state index < -0.39 is 5.54 Å². The summed E-state index contributed by atoms with van der Waals surface area (Å²) in [7, 11) is 3.00. The Morgan fingerprint density at radius 2 is 2.10 bits per heavy atom. The summed E-state index contributed by atoms with van der Waals surface area (Å²) in [5.74, 6) is 0.382. The van der Waals surface area contributed by atoms with Crippen LogP contribution in [0.1, 0.15) is 17.4 Å². The maximum absolute atomic E-state index is 12.3. The van der Waals surface area contributed by atoms with Crippen LogP contribution in [0.25, 0.3) is 0 Å². The van der Waals surface area contributed by atoms with Gasteiger partial charge in [0.25, 0.3) is 0 Å². The van der Waals surface area contributed by atoms with Crippen molar-refractivity contribution in [3.8, 4) is 5.75 Å². The molecule has 0 bridgehead atoms. The van der Waals surface area contributed by atoms with E-state index in [4.69, 9.17) is 9.47 Å². The summed E-state index contributed by atoms with van der Waals surface area (Å²) in [5.41, 5.74) is -0.113. The topological polar surface area (TPSA) is 47.6 Å². The molecule has 0 radical (unpaired) electrons. The van der Waals surface area contributed by atoms with Crippen molar-refractivity contribution in [1.29, 1.82) is 0 Å². The molecule has 0 spiro atoms. The van der Waals surface area contributed by atoms with Crippen molar-refractivity contribution in [3.05, 3.63) is 52.2 Å². The molecule has 1 heterocycles. The largest absolute Gasteiger partial charge is 0.497 e. The van der Waals surface area contributed by atoms with Crippen molar-refractivity contribution in [2.75, 3.05) is 14.2 Å². The van der Waals surface area contributed by atoms with E-state index >= 15 is 0 Å². The molecule has 2 rings (SSSR count). The first-order chi connectivity index (χ1) is 10.1. The number of rotatable bonds is 6. The molecular weight excluding hydrogens is 286 g/mol. The van der Waals surface area contributed by atoms with Gasteiger partial charge >= 0.3 is 5.97 Å². The third-order valence-electron chi connectivity index (χ3n) is 3.44. The maximum Gasteiger partial charge on any atom is 0.330 e. The lowest BCUT2D eigenvalue weighted by Crippen LogP contribution is -2.46. The highest BCUT2D eigenvalue weighted by Gasteiger charge is 2.36. The second kappa shape index (κ2) is 6.74. The van der Waals surface area contributed by atoms with Crippen LogP contribution in [0.15, 0.2) is 41.8 Å². The average molecular weight is 305 g/mol. The van der Waals surface area contributed by atoms with Crippen molar-refractivity contribution in [2.24, 2.45) is 0 Å². The summed E-state index contributed by atoms with van der Waals surface area (Å²) in [6, 6.07) is 11.5. The Labute approximate surface area is 128 Å². The molecule has 1 N–H and O–H groups in total. The molecule has 2 aromatic rings. The minimum absolute atomic E-state index is 0.327. The highest BCUT2D eigenvalue weighted by Crippen LogP contribution is 2.26. The monoisotopic (exact) mass is 305 g/mol. The van der Waals surface area contributed by atoms with Crippen LogP contribution >= 0.6 is 11.3 Å². The molecule has 1 aromatic heterocycles. The molecule has 4 nitrogen and oxygen atoms in total. The van der Waals surface area contributed by atoms with E-state index in [0.29, 0.717) is 12.3 Å². The smallest absolute Gasteiger partial charge is 0.330 e. The van der Waals surface area contributed by atoms with Gasteiger partial charge in [-0.25, -0.2) is 4.79 Å². The average Bonchev–Trinajstić information content (AvgIpc) is 3.05. The van der Waals surface area contributed by atoms with Crippen molar-refractivity contribution < 1.29 is 14.3 Å². The zero-order valence-electron chi connectivity index (χ0n) is 12.4. The normalized spacial score (nSPS) is 13.5. The number of hydrogen-bond donors (Lipinski definition) is 1. The quantitative estimate of drug-likeness (QED) is 0.834. The Hall–Kier alpha value is -1.85. The maximum atomic E-state index is 12.3. The molecule has 0 amide bonds. The number of thiophene rings is 1. The molecule has 1 atom stereocenters. The van der Waals surface area contributed by atoms with Crippen LogP contribution in [0.4, 0.5) is 0 Å². The van der Waals surface area contributed by atoms with Gasteiger partial charge in [0.2, 0.25) is 0 Å². The van der Waals surface area contributed by atoms with Gasteiger partial charge in [-0.05, 0) is 36.1 Å². The van der Waals surface area contributed by atoms with Crippen LogP contribution in [0, 0.1) is 0 Å². The van der Waals surface area contributed by atoms with E-state index in [-0.39, 0.29) is 5.97 Å². The molecule has 21 heavy (non-hydrogen) atoms. The molecule has 112 valence electrons. The molecule has 0 saturated heterocycles. The van der Waals surface area contributed by atoms with Gasteiger partial charge < -0.3 is 9.47 Å². The predicted octanol–water partition coefficient (Wildman–Crippen LogP) is 2.93. The first kappa shape index (κ1) is 15.5. The number of methoxy groups -OCH3 is 2. The standard InChI is InChI=1S/C16H19NO3S/c1-16(15(18)20-3,17-11-14-8-5-9-21-14)12-6-4-7-13(10-12)19-2/h4-10,17H,11H2,1-3H3. The van der Waals surface area contributed by atoms with Crippen molar-refractivity contribution in [2.45, 2.75) is 19.0 Å². The SMILES string of the molecule is COC(=O)C(C)(NCc1cccs1)c1cccc(OC)c1. The Balaban J connectivity index is 2.29. The summed E-state index contributed by atoms with van der Waals surface area (Å²) in [6.07, 6.45) is 0. The summed E-state index contributed by atoms with van der Waals surface area (Å²) in [6.45, 7) is 2.42. The summed E-state index contributed by atoms with van der Waals surface area (Å²) >= 11 is 1.65. The number of carbonyl (C=O) groups excluding carboxylic acids is 1. The van der Waals surface area contributed by atoms with E-state index in [1.165, 1.54) is 7.11 Å². The molecule has 5 heteroatoms. The fraction of sp³-hybridized carbons (Fsp3) is 0.312. The van der Waals surface area contributed by atoms with E-state index in [1.807, 2.05) is 48.7 Å². The molecule has 1 aromatic carbocycles. The molecule has 0 fully saturated rings. The molecule has 0 aliphatic rings. The molecular formula is C16H19NO3S. The van der Waals surface area contributed by atoms with Crippen molar-refractivity contribution in [3.63, 3.8) is 0 Å². The van der Waals surface area contributed by atoms with Gasteiger partial charge in [0.15, 0.2) is 0 Å². The highest BCUT2D eigenvalue weighted by molar-refractivity contribution is 7.09. The summed E-state index contributed by atoms with van der Waals surface area (Å²) in [5, 5.41) is 5.31. The number of carbonyl (C=O) groups is 1. The summed E-state index contributed by atoms with van der Waals surface area (Å²) < 4.78 is 10.2. The van der Waals surface area contributed by atoms with Crippen molar-refractivity contribution >= 4 is 17.3 Å². The van der Waals surface area contributed by atoms with Gasteiger partial charge in [-0.3, -0.25) is 5.32 Å². The Morgan fingerprint density at radius 3 is 2.71 bits per heavy atom. The van der Waals surface area contributed by atoms with Crippen LogP contribution in [-0.2, 0) is 21.6 Å². The van der Waals surface area contributed by atoms with Gasteiger partial charge in [-0.15, -0.1) is 11.3 Å².